The summed E-state index contributed by atoms with van der Waals surface area (Å²) in [4.78, 5) is 0. The molecule has 0 aliphatic heterocycles. The predicted octanol–water partition coefficient (Wildman–Crippen LogP) is 4.15. The molecule has 1 fully saturated rings. The average molecular weight is 296 g/mol. The second-order valence-corrected chi connectivity index (χ2v) is 6.78. The van der Waals surface area contributed by atoms with E-state index in [4.69, 9.17) is 5.73 Å². The monoisotopic (exact) mass is 295 g/mol. The van der Waals surface area contributed by atoms with Crippen molar-refractivity contribution in [2.24, 2.45) is 17.6 Å². The van der Waals surface area contributed by atoms with Crippen LogP contribution in [0.5, 0.6) is 0 Å². The topological polar surface area (TPSA) is 26.0 Å². The maximum atomic E-state index is 6.57. The standard InChI is InChI=1S/C15H22BrN/c1-11-7-8-15(17,9-12(11)2)10-13-3-5-14(16)6-4-13/h3-6,11-12H,7-10,17H2,1-2H3. The van der Waals surface area contributed by atoms with Crippen LogP contribution in [-0.2, 0) is 6.42 Å². The minimum Gasteiger partial charge on any atom is -0.325 e. The van der Waals surface area contributed by atoms with Crippen LogP contribution >= 0.6 is 15.9 Å². The average Bonchev–Trinajstić information content (AvgIpc) is 2.28. The number of benzene rings is 1. The maximum absolute atomic E-state index is 6.57. The van der Waals surface area contributed by atoms with Crippen LogP contribution in [0.1, 0.15) is 38.7 Å². The van der Waals surface area contributed by atoms with Gasteiger partial charge in [-0.25, -0.2) is 0 Å². The smallest absolute Gasteiger partial charge is 0.0197 e. The van der Waals surface area contributed by atoms with E-state index in [9.17, 15) is 0 Å². The van der Waals surface area contributed by atoms with Gasteiger partial charge in [-0.2, -0.15) is 0 Å². The van der Waals surface area contributed by atoms with E-state index in [1.54, 1.807) is 0 Å². The SMILES string of the molecule is CC1CCC(N)(Cc2ccc(Br)cc2)CC1C. The van der Waals surface area contributed by atoms with Crippen LogP contribution in [0.25, 0.3) is 0 Å². The Morgan fingerprint density at radius 1 is 1.24 bits per heavy atom. The Bertz CT molecular complexity index is 373. The second kappa shape index (κ2) is 5.11. The number of halogens is 1. The van der Waals surface area contributed by atoms with Crippen molar-refractivity contribution in [1.29, 1.82) is 0 Å². The summed E-state index contributed by atoms with van der Waals surface area (Å²) >= 11 is 3.47. The lowest BCUT2D eigenvalue weighted by atomic mass is 9.69. The van der Waals surface area contributed by atoms with Crippen LogP contribution < -0.4 is 5.73 Å². The zero-order chi connectivity index (χ0) is 12.5. The van der Waals surface area contributed by atoms with Gasteiger partial charge in [0.05, 0.1) is 0 Å². The highest BCUT2D eigenvalue weighted by atomic mass is 79.9. The lowest BCUT2D eigenvalue weighted by molar-refractivity contribution is 0.176. The van der Waals surface area contributed by atoms with Crippen molar-refractivity contribution in [2.75, 3.05) is 0 Å². The third-order valence-corrected chi connectivity index (χ3v) is 4.80. The largest absolute Gasteiger partial charge is 0.325 e. The molecule has 2 rings (SSSR count). The van der Waals surface area contributed by atoms with E-state index in [0.29, 0.717) is 0 Å². The van der Waals surface area contributed by atoms with Gasteiger partial charge in [0, 0.05) is 10.0 Å². The third-order valence-electron chi connectivity index (χ3n) is 4.27. The van der Waals surface area contributed by atoms with E-state index in [-0.39, 0.29) is 5.54 Å². The van der Waals surface area contributed by atoms with Gasteiger partial charge in [0.2, 0.25) is 0 Å². The summed E-state index contributed by atoms with van der Waals surface area (Å²) in [6.07, 6.45) is 4.60. The molecule has 1 nitrogen and oxygen atoms in total. The highest BCUT2D eigenvalue weighted by Crippen LogP contribution is 2.36. The number of nitrogens with two attached hydrogens (primary N) is 1. The quantitative estimate of drug-likeness (QED) is 0.872. The van der Waals surface area contributed by atoms with E-state index >= 15 is 0 Å². The molecule has 0 heterocycles. The first-order valence-corrected chi connectivity index (χ1v) is 7.31. The Morgan fingerprint density at radius 3 is 2.47 bits per heavy atom. The molecule has 0 saturated heterocycles. The van der Waals surface area contributed by atoms with E-state index in [1.165, 1.54) is 12.0 Å². The molecule has 2 heteroatoms. The summed E-state index contributed by atoms with van der Waals surface area (Å²) in [5.41, 5.74) is 7.94. The van der Waals surface area contributed by atoms with Gasteiger partial charge in [-0.05, 0) is 55.2 Å². The normalized spacial score (nSPS) is 33.6. The van der Waals surface area contributed by atoms with Gasteiger partial charge < -0.3 is 5.73 Å². The fraction of sp³-hybridized carbons (Fsp3) is 0.600. The summed E-state index contributed by atoms with van der Waals surface area (Å²) in [5.74, 6) is 1.58. The van der Waals surface area contributed by atoms with Crippen molar-refractivity contribution in [3.05, 3.63) is 34.3 Å². The molecule has 17 heavy (non-hydrogen) atoms. The zero-order valence-corrected chi connectivity index (χ0v) is 12.3. The minimum atomic E-state index is 0.0136. The first-order chi connectivity index (χ1) is 7.98. The lowest BCUT2D eigenvalue weighted by Crippen LogP contribution is -2.47. The van der Waals surface area contributed by atoms with E-state index in [1.807, 2.05) is 0 Å². The molecule has 1 aromatic rings. The fourth-order valence-corrected chi connectivity index (χ4v) is 3.18. The number of hydrogen-bond acceptors (Lipinski definition) is 1. The highest BCUT2D eigenvalue weighted by Gasteiger charge is 2.34. The fourth-order valence-electron chi connectivity index (χ4n) is 2.91. The van der Waals surface area contributed by atoms with Gasteiger partial charge in [-0.3, -0.25) is 0 Å². The Kier molecular flexibility index (Phi) is 3.94. The molecule has 3 atom stereocenters. The molecular weight excluding hydrogens is 274 g/mol. The summed E-state index contributed by atoms with van der Waals surface area (Å²) in [6, 6.07) is 8.57. The van der Waals surface area contributed by atoms with Crippen LogP contribution in [0, 0.1) is 11.8 Å². The van der Waals surface area contributed by atoms with Crippen LogP contribution in [0.2, 0.25) is 0 Å². The maximum Gasteiger partial charge on any atom is 0.0197 e. The molecule has 1 aliphatic carbocycles. The summed E-state index contributed by atoms with van der Waals surface area (Å²) in [7, 11) is 0. The van der Waals surface area contributed by atoms with Crippen LogP contribution in [0.4, 0.5) is 0 Å². The molecule has 94 valence electrons. The van der Waals surface area contributed by atoms with Crippen molar-refractivity contribution in [3.63, 3.8) is 0 Å². The van der Waals surface area contributed by atoms with E-state index in [0.717, 1.165) is 35.6 Å². The van der Waals surface area contributed by atoms with Crippen molar-refractivity contribution in [2.45, 2.75) is 45.1 Å². The van der Waals surface area contributed by atoms with Crippen LogP contribution in [0.3, 0.4) is 0 Å². The molecule has 0 bridgehead atoms. The number of rotatable bonds is 2. The van der Waals surface area contributed by atoms with Crippen LogP contribution in [-0.4, -0.2) is 5.54 Å². The Hall–Kier alpha value is -0.340. The molecule has 3 unspecified atom stereocenters. The van der Waals surface area contributed by atoms with Gasteiger partial charge in [0.25, 0.3) is 0 Å². The summed E-state index contributed by atoms with van der Waals surface area (Å²) in [5, 5.41) is 0. The van der Waals surface area contributed by atoms with Crippen molar-refractivity contribution in [1.82, 2.24) is 0 Å². The van der Waals surface area contributed by atoms with Gasteiger partial charge in [-0.15, -0.1) is 0 Å². The van der Waals surface area contributed by atoms with Crippen molar-refractivity contribution in [3.8, 4) is 0 Å². The predicted molar refractivity (Wildman–Crippen MR) is 76.9 cm³/mol. The molecule has 2 N–H and O–H groups in total. The molecule has 0 radical (unpaired) electrons. The summed E-state index contributed by atoms with van der Waals surface area (Å²) < 4.78 is 1.14. The van der Waals surface area contributed by atoms with Gasteiger partial charge >= 0.3 is 0 Å². The van der Waals surface area contributed by atoms with Crippen molar-refractivity contribution >= 4 is 15.9 Å². The number of hydrogen-bond donors (Lipinski definition) is 1. The van der Waals surface area contributed by atoms with Crippen molar-refractivity contribution < 1.29 is 0 Å². The lowest BCUT2D eigenvalue weighted by Gasteiger charge is -2.40. The second-order valence-electron chi connectivity index (χ2n) is 5.86. The minimum absolute atomic E-state index is 0.0136. The Labute approximate surface area is 113 Å². The molecule has 0 spiro atoms. The molecule has 0 aromatic heterocycles. The Balaban J connectivity index is 2.05. The van der Waals surface area contributed by atoms with Gasteiger partial charge in [-0.1, -0.05) is 41.9 Å². The molecule has 1 aromatic carbocycles. The first-order valence-electron chi connectivity index (χ1n) is 6.52. The van der Waals surface area contributed by atoms with Gasteiger partial charge in [0.15, 0.2) is 0 Å². The first kappa shape index (κ1) is 13.1. The molecular formula is C15H22BrN. The van der Waals surface area contributed by atoms with Crippen LogP contribution in [0.15, 0.2) is 28.7 Å². The highest BCUT2D eigenvalue weighted by molar-refractivity contribution is 9.10. The Morgan fingerprint density at radius 2 is 1.88 bits per heavy atom. The summed E-state index contributed by atoms with van der Waals surface area (Å²) in [6.45, 7) is 4.69. The molecule has 0 amide bonds. The third kappa shape index (κ3) is 3.32. The molecule has 1 saturated carbocycles. The van der Waals surface area contributed by atoms with Gasteiger partial charge in [0.1, 0.15) is 0 Å². The zero-order valence-electron chi connectivity index (χ0n) is 10.7. The molecule has 1 aliphatic rings. The van der Waals surface area contributed by atoms with E-state index < -0.39 is 0 Å². The van der Waals surface area contributed by atoms with E-state index in [2.05, 4.69) is 54.0 Å².